The molecule has 1 aliphatic rings. The maximum absolute atomic E-state index is 12.3. The van der Waals surface area contributed by atoms with E-state index in [1.807, 2.05) is 0 Å². The molecule has 1 aromatic heterocycles. The molecular formula is C11H17N3O3S. The van der Waals surface area contributed by atoms with Gasteiger partial charge in [-0.15, -0.1) is 5.10 Å². The first-order chi connectivity index (χ1) is 8.72. The molecule has 1 unspecified atom stereocenters. The summed E-state index contributed by atoms with van der Waals surface area (Å²) in [6.45, 7) is 3.46. The van der Waals surface area contributed by atoms with Crippen molar-refractivity contribution >= 4 is 17.4 Å². The lowest BCUT2D eigenvalue weighted by Gasteiger charge is -2.32. The molecule has 1 amide bonds. The smallest absolute Gasteiger partial charge is 0.267 e. The number of ether oxygens (including phenoxy) is 1. The van der Waals surface area contributed by atoms with Crippen molar-refractivity contribution in [2.45, 2.75) is 25.9 Å². The lowest BCUT2D eigenvalue weighted by atomic mass is 10.1. The zero-order chi connectivity index (χ0) is 13.0. The molecule has 1 fully saturated rings. The third-order valence-electron chi connectivity index (χ3n) is 2.96. The van der Waals surface area contributed by atoms with Gasteiger partial charge in [0.05, 0.1) is 25.0 Å². The van der Waals surface area contributed by atoms with E-state index in [-0.39, 0.29) is 18.6 Å². The van der Waals surface area contributed by atoms with E-state index in [1.54, 1.807) is 11.8 Å². The summed E-state index contributed by atoms with van der Waals surface area (Å²) in [7, 11) is 0. The fourth-order valence-electron chi connectivity index (χ4n) is 2.05. The summed E-state index contributed by atoms with van der Waals surface area (Å²) in [6.07, 6.45) is 1.88. The van der Waals surface area contributed by atoms with Gasteiger partial charge in [-0.25, -0.2) is 0 Å². The van der Waals surface area contributed by atoms with E-state index >= 15 is 0 Å². The molecule has 7 heteroatoms. The van der Waals surface area contributed by atoms with Gasteiger partial charge in [0.1, 0.15) is 4.88 Å². The zero-order valence-corrected chi connectivity index (χ0v) is 11.2. The molecule has 100 valence electrons. The van der Waals surface area contributed by atoms with Gasteiger partial charge in [-0.05, 0) is 31.3 Å². The summed E-state index contributed by atoms with van der Waals surface area (Å²) >= 11 is 1.14. The Balaban J connectivity index is 1.96. The molecule has 2 rings (SSSR count). The van der Waals surface area contributed by atoms with E-state index in [2.05, 4.69) is 9.59 Å². The number of carbonyl (C=O) groups is 1. The van der Waals surface area contributed by atoms with Crippen LogP contribution in [0.4, 0.5) is 0 Å². The Morgan fingerprint density at radius 2 is 2.50 bits per heavy atom. The van der Waals surface area contributed by atoms with E-state index in [0.29, 0.717) is 23.7 Å². The number of aryl methyl sites for hydroxylation is 1. The van der Waals surface area contributed by atoms with Gasteiger partial charge >= 0.3 is 0 Å². The number of amides is 1. The number of rotatable bonds is 4. The molecule has 0 aliphatic carbocycles. The molecule has 0 radical (unpaired) electrons. The Bertz CT molecular complexity index is 410. The van der Waals surface area contributed by atoms with Crippen LogP contribution in [0.2, 0.25) is 0 Å². The van der Waals surface area contributed by atoms with Crippen molar-refractivity contribution in [3.8, 4) is 0 Å². The van der Waals surface area contributed by atoms with Crippen LogP contribution < -0.4 is 0 Å². The number of hydrogen-bond acceptors (Lipinski definition) is 6. The van der Waals surface area contributed by atoms with Crippen molar-refractivity contribution in [2.24, 2.45) is 0 Å². The van der Waals surface area contributed by atoms with Crippen LogP contribution in [0.25, 0.3) is 0 Å². The number of likely N-dealkylation sites (tertiary alicyclic amines) is 1. The van der Waals surface area contributed by atoms with E-state index in [1.165, 1.54) is 0 Å². The van der Waals surface area contributed by atoms with Crippen LogP contribution in [-0.2, 0) is 4.74 Å². The Hall–Kier alpha value is -1.05. The molecule has 2 heterocycles. The van der Waals surface area contributed by atoms with Crippen molar-refractivity contribution < 1.29 is 14.6 Å². The Labute approximate surface area is 110 Å². The number of aliphatic hydroxyl groups excluding tert-OH is 1. The quantitative estimate of drug-likeness (QED) is 0.861. The first-order valence-electron chi connectivity index (χ1n) is 6.03. The minimum absolute atomic E-state index is 0.0141. The second kappa shape index (κ2) is 6.21. The topological polar surface area (TPSA) is 75.6 Å². The number of nitrogens with zero attached hydrogens (tertiary/aromatic N) is 3. The van der Waals surface area contributed by atoms with Gasteiger partial charge in [-0.3, -0.25) is 4.79 Å². The summed E-state index contributed by atoms with van der Waals surface area (Å²) in [5.74, 6) is -0.0141. The van der Waals surface area contributed by atoms with Gasteiger partial charge < -0.3 is 14.7 Å². The molecule has 1 saturated heterocycles. The fraction of sp³-hybridized carbons (Fsp3) is 0.727. The lowest BCUT2D eigenvalue weighted by Crippen LogP contribution is -2.43. The predicted octanol–water partition coefficient (Wildman–Crippen LogP) is 0.460. The van der Waals surface area contributed by atoms with Crippen LogP contribution in [0.5, 0.6) is 0 Å². The average Bonchev–Trinajstić information content (AvgIpc) is 2.82. The van der Waals surface area contributed by atoms with Crippen LogP contribution in [0.15, 0.2) is 0 Å². The van der Waals surface area contributed by atoms with E-state index < -0.39 is 0 Å². The third kappa shape index (κ3) is 3.04. The molecule has 0 bridgehead atoms. The van der Waals surface area contributed by atoms with Crippen molar-refractivity contribution in [1.29, 1.82) is 0 Å². The van der Waals surface area contributed by atoms with Gasteiger partial charge in [0.2, 0.25) is 0 Å². The molecule has 0 saturated carbocycles. The number of carbonyl (C=O) groups excluding carboxylic acids is 1. The molecule has 18 heavy (non-hydrogen) atoms. The maximum Gasteiger partial charge on any atom is 0.267 e. The molecule has 1 atom stereocenters. The molecule has 1 aliphatic heterocycles. The maximum atomic E-state index is 12.3. The van der Waals surface area contributed by atoms with E-state index in [0.717, 1.165) is 30.9 Å². The van der Waals surface area contributed by atoms with Crippen LogP contribution >= 0.6 is 11.5 Å². The summed E-state index contributed by atoms with van der Waals surface area (Å²) in [5, 5.41) is 12.6. The minimum Gasteiger partial charge on any atom is -0.394 e. The van der Waals surface area contributed by atoms with Crippen LogP contribution in [-0.4, -0.2) is 57.9 Å². The molecule has 1 N–H and O–H groups in total. The second-order valence-corrected chi connectivity index (χ2v) is 5.05. The first-order valence-corrected chi connectivity index (χ1v) is 6.80. The van der Waals surface area contributed by atoms with Gasteiger partial charge in [0.15, 0.2) is 0 Å². The zero-order valence-electron chi connectivity index (χ0n) is 10.3. The van der Waals surface area contributed by atoms with Gasteiger partial charge in [0, 0.05) is 13.1 Å². The Kier molecular flexibility index (Phi) is 4.62. The van der Waals surface area contributed by atoms with Crippen molar-refractivity contribution in [3.63, 3.8) is 0 Å². The highest BCUT2D eigenvalue weighted by atomic mass is 32.1. The average molecular weight is 271 g/mol. The van der Waals surface area contributed by atoms with Crippen LogP contribution in [0.1, 0.15) is 28.2 Å². The summed E-state index contributed by atoms with van der Waals surface area (Å²) in [6, 6.07) is 0. The molecule has 6 nitrogen and oxygen atoms in total. The number of piperidine rings is 1. The minimum atomic E-state index is -0.0141. The van der Waals surface area contributed by atoms with E-state index in [9.17, 15) is 4.79 Å². The number of hydrogen-bond donors (Lipinski definition) is 1. The molecule has 0 aromatic carbocycles. The van der Waals surface area contributed by atoms with Gasteiger partial charge in [0.25, 0.3) is 5.91 Å². The van der Waals surface area contributed by atoms with Crippen LogP contribution in [0.3, 0.4) is 0 Å². The van der Waals surface area contributed by atoms with Crippen molar-refractivity contribution in [3.05, 3.63) is 10.6 Å². The summed E-state index contributed by atoms with van der Waals surface area (Å²) in [5.41, 5.74) is 0.684. The second-order valence-electron chi connectivity index (χ2n) is 4.30. The fourth-order valence-corrected chi connectivity index (χ4v) is 2.67. The van der Waals surface area contributed by atoms with E-state index in [4.69, 9.17) is 9.84 Å². The monoisotopic (exact) mass is 271 g/mol. The van der Waals surface area contributed by atoms with Crippen molar-refractivity contribution in [1.82, 2.24) is 14.5 Å². The Morgan fingerprint density at radius 3 is 3.17 bits per heavy atom. The largest absolute Gasteiger partial charge is 0.394 e. The molecule has 0 spiro atoms. The SMILES string of the molecule is Cc1nnsc1C(=O)N1CCCC(OCCO)C1. The number of aliphatic hydroxyl groups is 1. The summed E-state index contributed by atoms with van der Waals surface area (Å²) in [4.78, 5) is 14.6. The third-order valence-corrected chi connectivity index (χ3v) is 3.77. The predicted molar refractivity (Wildman–Crippen MR) is 66.6 cm³/mol. The van der Waals surface area contributed by atoms with Crippen LogP contribution in [0, 0.1) is 6.92 Å². The highest BCUT2D eigenvalue weighted by molar-refractivity contribution is 7.07. The molecule has 1 aromatic rings. The number of aromatic nitrogens is 2. The van der Waals surface area contributed by atoms with Crippen molar-refractivity contribution in [2.75, 3.05) is 26.3 Å². The first kappa shape index (κ1) is 13.4. The highest BCUT2D eigenvalue weighted by Crippen LogP contribution is 2.18. The van der Waals surface area contributed by atoms with Gasteiger partial charge in [-0.1, -0.05) is 4.49 Å². The lowest BCUT2D eigenvalue weighted by molar-refractivity contribution is -0.0109. The molecular weight excluding hydrogens is 254 g/mol. The summed E-state index contributed by atoms with van der Waals surface area (Å²) < 4.78 is 9.27. The normalized spacial score (nSPS) is 20.1. The Morgan fingerprint density at radius 1 is 1.67 bits per heavy atom. The highest BCUT2D eigenvalue weighted by Gasteiger charge is 2.27. The van der Waals surface area contributed by atoms with Gasteiger partial charge in [-0.2, -0.15) is 0 Å². The standard InChI is InChI=1S/C11H17N3O3S/c1-8-10(18-13-12-8)11(16)14-4-2-3-9(7-14)17-6-5-15/h9,15H,2-7H2,1H3.